The third kappa shape index (κ3) is 5.85. The standard InChI is InChI=1S/C23H24ClN3OS2/c24-20-8-6-19(7-9-20)21-16-30-22(25-21)14-26-10-12-27(13-11-26)23(28)17-29-15-18-4-2-1-3-5-18/h1-9,16H,10-15,17H2. The molecule has 2 aromatic carbocycles. The number of carbonyl (C=O) groups excluding carboxylic acids is 1. The van der Waals surface area contributed by atoms with Gasteiger partial charge in [-0.25, -0.2) is 4.98 Å². The Morgan fingerprint density at radius 3 is 2.50 bits per heavy atom. The Balaban J connectivity index is 1.21. The van der Waals surface area contributed by atoms with E-state index in [1.165, 1.54) is 5.56 Å². The van der Waals surface area contributed by atoms with Gasteiger partial charge >= 0.3 is 0 Å². The molecule has 156 valence electrons. The molecule has 1 fully saturated rings. The monoisotopic (exact) mass is 457 g/mol. The summed E-state index contributed by atoms with van der Waals surface area (Å²) in [6.07, 6.45) is 0. The molecule has 0 unspecified atom stereocenters. The molecule has 7 heteroatoms. The van der Waals surface area contributed by atoms with Crippen molar-refractivity contribution in [1.29, 1.82) is 0 Å². The number of nitrogens with zero attached hydrogens (tertiary/aromatic N) is 3. The number of rotatable bonds is 7. The van der Waals surface area contributed by atoms with Crippen LogP contribution in [-0.2, 0) is 17.1 Å². The number of benzene rings is 2. The Labute approximate surface area is 190 Å². The molecule has 1 aliphatic rings. The average molecular weight is 458 g/mol. The Kier molecular flexibility index (Phi) is 7.44. The lowest BCUT2D eigenvalue weighted by atomic mass is 10.2. The van der Waals surface area contributed by atoms with Gasteiger partial charge < -0.3 is 4.90 Å². The van der Waals surface area contributed by atoms with Crippen molar-refractivity contribution in [3.8, 4) is 11.3 Å². The number of hydrogen-bond donors (Lipinski definition) is 0. The van der Waals surface area contributed by atoms with Crippen molar-refractivity contribution in [2.24, 2.45) is 0 Å². The summed E-state index contributed by atoms with van der Waals surface area (Å²) in [4.78, 5) is 21.7. The maximum atomic E-state index is 12.5. The first-order valence-corrected chi connectivity index (χ1v) is 12.4. The predicted octanol–water partition coefficient (Wildman–Crippen LogP) is 5.04. The summed E-state index contributed by atoms with van der Waals surface area (Å²) in [6, 6.07) is 18.1. The van der Waals surface area contributed by atoms with Gasteiger partial charge in [0.2, 0.25) is 5.91 Å². The zero-order chi connectivity index (χ0) is 20.8. The van der Waals surface area contributed by atoms with E-state index in [2.05, 4.69) is 22.4 Å². The van der Waals surface area contributed by atoms with E-state index in [1.54, 1.807) is 23.1 Å². The minimum Gasteiger partial charge on any atom is -0.339 e. The summed E-state index contributed by atoms with van der Waals surface area (Å²) in [5.41, 5.74) is 3.35. The fourth-order valence-corrected chi connectivity index (χ4v) is 5.26. The summed E-state index contributed by atoms with van der Waals surface area (Å²) >= 11 is 9.35. The smallest absolute Gasteiger partial charge is 0.232 e. The summed E-state index contributed by atoms with van der Waals surface area (Å²) in [5.74, 6) is 1.67. The molecule has 4 rings (SSSR count). The van der Waals surface area contributed by atoms with Gasteiger partial charge in [0.15, 0.2) is 0 Å². The molecule has 0 spiro atoms. The molecule has 1 aromatic heterocycles. The minimum atomic E-state index is 0.245. The lowest BCUT2D eigenvalue weighted by Gasteiger charge is -2.34. The van der Waals surface area contributed by atoms with Gasteiger partial charge in [-0.15, -0.1) is 23.1 Å². The zero-order valence-electron chi connectivity index (χ0n) is 16.7. The number of hydrogen-bond acceptors (Lipinski definition) is 5. The van der Waals surface area contributed by atoms with Gasteiger partial charge in [0.05, 0.1) is 18.0 Å². The van der Waals surface area contributed by atoms with E-state index in [-0.39, 0.29) is 5.91 Å². The van der Waals surface area contributed by atoms with Gasteiger partial charge in [0.25, 0.3) is 0 Å². The summed E-state index contributed by atoms with van der Waals surface area (Å²) in [7, 11) is 0. The van der Waals surface area contributed by atoms with Crippen LogP contribution >= 0.6 is 34.7 Å². The minimum absolute atomic E-state index is 0.245. The summed E-state index contributed by atoms with van der Waals surface area (Å²) in [5, 5.41) is 3.95. The molecule has 0 N–H and O–H groups in total. The maximum absolute atomic E-state index is 12.5. The van der Waals surface area contributed by atoms with Crippen LogP contribution < -0.4 is 0 Å². The molecule has 0 bridgehead atoms. The highest BCUT2D eigenvalue weighted by Crippen LogP contribution is 2.24. The first-order chi connectivity index (χ1) is 14.7. The van der Waals surface area contributed by atoms with Crippen molar-refractivity contribution < 1.29 is 4.79 Å². The van der Waals surface area contributed by atoms with Crippen LogP contribution in [0.3, 0.4) is 0 Å². The number of aromatic nitrogens is 1. The molecule has 4 nitrogen and oxygen atoms in total. The van der Waals surface area contributed by atoms with Crippen LogP contribution in [0, 0.1) is 0 Å². The fraction of sp³-hybridized carbons (Fsp3) is 0.304. The van der Waals surface area contributed by atoms with Gasteiger partial charge in [-0.3, -0.25) is 9.69 Å². The van der Waals surface area contributed by atoms with Gasteiger partial charge in [-0.05, 0) is 17.7 Å². The number of thioether (sulfide) groups is 1. The Bertz CT molecular complexity index is 954. The topological polar surface area (TPSA) is 36.4 Å². The van der Waals surface area contributed by atoms with Crippen molar-refractivity contribution in [1.82, 2.24) is 14.8 Å². The van der Waals surface area contributed by atoms with Crippen molar-refractivity contribution in [2.75, 3.05) is 31.9 Å². The number of amides is 1. The predicted molar refractivity (Wildman–Crippen MR) is 127 cm³/mol. The SMILES string of the molecule is O=C(CSCc1ccccc1)N1CCN(Cc2nc(-c3ccc(Cl)cc3)cs2)CC1. The van der Waals surface area contributed by atoms with E-state index >= 15 is 0 Å². The number of piperazine rings is 1. The quantitative estimate of drug-likeness (QED) is 0.498. The van der Waals surface area contributed by atoms with Crippen LogP contribution in [0.15, 0.2) is 60.0 Å². The molecule has 0 saturated carbocycles. The van der Waals surface area contributed by atoms with Crippen molar-refractivity contribution in [2.45, 2.75) is 12.3 Å². The molecular weight excluding hydrogens is 434 g/mol. The highest BCUT2D eigenvalue weighted by atomic mass is 35.5. The van der Waals surface area contributed by atoms with Gasteiger partial charge in [0, 0.05) is 47.9 Å². The van der Waals surface area contributed by atoms with E-state index in [4.69, 9.17) is 16.6 Å². The van der Waals surface area contributed by atoms with E-state index in [0.717, 1.165) is 59.8 Å². The summed E-state index contributed by atoms with van der Waals surface area (Å²) in [6.45, 7) is 4.21. The molecule has 1 amide bonds. The number of halogens is 1. The molecule has 0 aliphatic carbocycles. The van der Waals surface area contributed by atoms with E-state index in [0.29, 0.717) is 5.75 Å². The third-order valence-electron chi connectivity index (χ3n) is 5.11. The molecule has 0 radical (unpaired) electrons. The van der Waals surface area contributed by atoms with Gasteiger partial charge in [-0.2, -0.15) is 0 Å². The molecule has 1 aliphatic heterocycles. The van der Waals surface area contributed by atoms with Crippen molar-refractivity contribution in [3.05, 3.63) is 75.6 Å². The van der Waals surface area contributed by atoms with Crippen LogP contribution in [0.5, 0.6) is 0 Å². The fourth-order valence-electron chi connectivity index (χ4n) is 3.41. The lowest BCUT2D eigenvalue weighted by molar-refractivity contribution is -0.130. The summed E-state index contributed by atoms with van der Waals surface area (Å²) < 4.78 is 0. The van der Waals surface area contributed by atoms with Crippen LogP contribution in [0.25, 0.3) is 11.3 Å². The third-order valence-corrected chi connectivity index (χ3v) is 7.19. The molecule has 1 saturated heterocycles. The Morgan fingerprint density at radius 1 is 1.03 bits per heavy atom. The largest absolute Gasteiger partial charge is 0.339 e. The number of carbonyl (C=O) groups is 1. The second-order valence-electron chi connectivity index (χ2n) is 7.27. The van der Waals surface area contributed by atoms with Crippen LogP contribution in [0.1, 0.15) is 10.6 Å². The molecule has 3 aromatic rings. The highest BCUT2D eigenvalue weighted by Gasteiger charge is 2.21. The maximum Gasteiger partial charge on any atom is 0.232 e. The lowest BCUT2D eigenvalue weighted by Crippen LogP contribution is -2.48. The molecule has 30 heavy (non-hydrogen) atoms. The molecule has 0 atom stereocenters. The van der Waals surface area contributed by atoms with E-state index in [9.17, 15) is 4.79 Å². The second kappa shape index (κ2) is 10.4. The average Bonchev–Trinajstić information content (AvgIpc) is 3.24. The van der Waals surface area contributed by atoms with Gasteiger partial charge in [-0.1, -0.05) is 54.1 Å². The van der Waals surface area contributed by atoms with Crippen LogP contribution in [0.2, 0.25) is 5.02 Å². The Morgan fingerprint density at radius 2 is 1.77 bits per heavy atom. The molecule has 2 heterocycles. The normalized spacial score (nSPS) is 14.8. The van der Waals surface area contributed by atoms with E-state index < -0.39 is 0 Å². The zero-order valence-corrected chi connectivity index (χ0v) is 19.1. The van der Waals surface area contributed by atoms with Crippen molar-refractivity contribution >= 4 is 40.6 Å². The first-order valence-electron chi connectivity index (χ1n) is 9.99. The first kappa shape index (κ1) is 21.4. The van der Waals surface area contributed by atoms with Gasteiger partial charge in [0.1, 0.15) is 5.01 Å². The van der Waals surface area contributed by atoms with E-state index in [1.807, 2.05) is 47.4 Å². The Hall–Kier alpha value is -1.86. The van der Waals surface area contributed by atoms with Crippen molar-refractivity contribution in [3.63, 3.8) is 0 Å². The number of thiazole rings is 1. The second-order valence-corrected chi connectivity index (χ2v) is 9.63. The molecular formula is C23H24ClN3OS2. The van der Waals surface area contributed by atoms with Crippen LogP contribution in [-0.4, -0.2) is 52.6 Å². The van der Waals surface area contributed by atoms with Crippen LogP contribution in [0.4, 0.5) is 0 Å². The highest BCUT2D eigenvalue weighted by molar-refractivity contribution is 7.99.